The van der Waals surface area contributed by atoms with Crippen molar-refractivity contribution in [1.29, 1.82) is 0 Å². The van der Waals surface area contributed by atoms with Gasteiger partial charge < -0.3 is 14.5 Å². The molecule has 4 heterocycles. The Balaban J connectivity index is 1.23. The second-order valence-corrected chi connectivity index (χ2v) is 13.0. The molecule has 0 bridgehead atoms. The molecule has 1 spiro atoms. The Morgan fingerprint density at radius 3 is 2.28 bits per heavy atom. The first-order valence-electron chi connectivity index (χ1n) is 14.3. The van der Waals surface area contributed by atoms with Crippen molar-refractivity contribution in [3.05, 3.63) is 69.6 Å². The number of aryl methyl sites for hydroxylation is 1. The molecule has 12 heteroatoms. The van der Waals surface area contributed by atoms with Crippen LogP contribution in [0.3, 0.4) is 0 Å². The van der Waals surface area contributed by atoms with Crippen molar-refractivity contribution in [3.63, 3.8) is 0 Å². The summed E-state index contributed by atoms with van der Waals surface area (Å²) in [5.41, 5.74) is 1.77. The second-order valence-electron chi connectivity index (χ2n) is 12.7. The highest BCUT2D eigenvalue weighted by Crippen LogP contribution is 2.45. The van der Waals surface area contributed by atoms with Crippen LogP contribution < -0.4 is 4.90 Å². The largest absolute Gasteiger partial charge is 0.444 e. The molecule has 0 radical (unpaired) electrons. The summed E-state index contributed by atoms with van der Waals surface area (Å²) < 4.78 is 50.1. The summed E-state index contributed by atoms with van der Waals surface area (Å²) in [6.07, 6.45) is 0.809. The van der Waals surface area contributed by atoms with Crippen LogP contribution in [0.5, 0.6) is 0 Å². The van der Waals surface area contributed by atoms with Gasteiger partial charge in [-0.25, -0.2) is 18.0 Å². The normalized spacial score (nSPS) is 19.2. The van der Waals surface area contributed by atoms with E-state index in [-0.39, 0.29) is 23.2 Å². The van der Waals surface area contributed by atoms with Crippen molar-refractivity contribution in [2.24, 2.45) is 7.05 Å². The summed E-state index contributed by atoms with van der Waals surface area (Å²) in [5.74, 6) is -2.42. The first-order chi connectivity index (χ1) is 20.2. The number of benzene rings is 2. The van der Waals surface area contributed by atoms with E-state index in [2.05, 4.69) is 5.10 Å². The molecule has 2 amide bonds. The fourth-order valence-electron chi connectivity index (χ4n) is 6.49. The molecular weight excluding hydrogens is 583 g/mol. The van der Waals surface area contributed by atoms with Crippen molar-refractivity contribution in [3.8, 4) is 11.3 Å². The summed E-state index contributed by atoms with van der Waals surface area (Å²) in [7, 11) is 1.69. The number of carbonyl (C=O) groups is 2. The Morgan fingerprint density at radius 2 is 1.67 bits per heavy atom. The maximum atomic E-state index is 15.0. The van der Waals surface area contributed by atoms with Gasteiger partial charge in [0, 0.05) is 50.4 Å². The van der Waals surface area contributed by atoms with E-state index in [1.54, 1.807) is 21.5 Å². The van der Waals surface area contributed by atoms with Crippen molar-refractivity contribution < 1.29 is 27.5 Å². The van der Waals surface area contributed by atoms with E-state index in [0.29, 0.717) is 48.7 Å². The lowest BCUT2D eigenvalue weighted by atomic mass is 9.77. The van der Waals surface area contributed by atoms with Crippen LogP contribution in [0.2, 0.25) is 5.02 Å². The lowest BCUT2D eigenvalue weighted by molar-refractivity contribution is -0.0560. The van der Waals surface area contributed by atoms with Gasteiger partial charge in [-0.2, -0.15) is 5.10 Å². The number of likely N-dealkylation sites (tertiary alicyclic amines) is 1. The molecule has 6 rings (SSSR count). The van der Waals surface area contributed by atoms with E-state index < -0.39 is 40.5 Å². The van der Waals surface area contributed by atoms with Crippen molar-refractivity contribution in [2.75, 3.05) is 31.1 Å². The van der Waals surface area contributed by atoms with Gasteiger partial charge in [0.2, 0.25) is 0 Å². The topological polar surface area (TPSA) is 70.9 Å². The van der Waals surface area contributed by atoms with E-state index in [4.69, 9.17) is 16.3 Å². The number of ether oxygens (including phenoxy) is 1. The van der Waals surface area contributed by atoms with Gasteiger partial charge in [-0.05, 0) is 64.8 Å². The van der Waals surface area contributed by atoms with E-state index in [1.807, 2.05) is 32.6 Å². The molecule has 1 aromatic heterocycles. The highest BCUT2D eigenvalue weighted by Gasteiger charge is 2.57. The summed E-state index contributed by atoms with van der Waals surface area (Å²) >= 11 is 6.78. The fraction of sp³-hybridized carbons (Fsp3) is 0.452. The van der Waals surface area contributed by atoms with Gasteiger partial charge >= 0.3 is 6.09 Å². The smallest absolute Gasteiger partial charge is 0.410 e. The van der Waals surface area contributed by atoms with Crippen LogP contribution in [0.1, 0.15) is 61.8 Å². The van der Waals surface area contributed by atoms with Crippen molar-refractivity contribution in [2.45, 2.75) is 57.7 Å². The molecule has 2 saturated heterocycles. The van der Waals surface area contributed by atoms with Gasteiger partial charge in [-0.3, -0.25) is 14.4 Å². The fourth-order valence-corrected chi connectivity index (χ4v) is 6.80. The molecule has 8 nitrogen and oxygen atoms in total. The van der Waals surface area contributed by atoms with Gasteiger partial charge in [-0.15, -0.1) is 0 Å². The average Bonchev–Trinajstić information content (AvgIpc) is 3.19. The molecule has 228 valence electrons. The molecule has 2 fully saturated rings. The zero-order chi connectivity index (χ0) is 31.0. The molecule has 0 aliphatic carbocycles. The summed E-state index contributed by atoms with van der Waals surface area (Å²) in [6.45, 7) is 9.03. The van der Waals surface area contributed by atoms with Crippen LogP contribution >= 0.6 is 11.6 Å². The van der Waals surface area contributed by atoms with E-state index >= 15 is 0 Å². The first-order valence-corrected chi connectivity index (χ1v) is 14.6. The van der Waals surface area contributed by atoms with Crippen LogP contribution in [0.15, 0.2) is 30.3 Å². The Kier molecular flexibility index (Phi) is 6.95. The molecule has 3 aliphatic heterocycles. The number of aromatic nitrogens is 2. The number of amides is 2. The third kappa shape index (κ3) is 5.01. The third-order valence-corrected chi connectivity index (χ3v) is 8.98. The summed E-state index contributed by atoms with van der Waals surface area (Å²) in [4.78, 5) is 31.7. The minimum absolute atomic E-state index is 0.0360. The Bertz CT molecular complexity index is 1630. The van der Waals surface area contributed by atoms with Crippen LogP contribution in [0, 0.1) is 17.5 Å². The molecule has 0 N–H and O–H groups in total. The molecule has 1 atom stereocenters. The Hall–Kier alpha value is -3.73. The molecule has 3 aliphatic rings. The predicted octanol–water partition coefficient (Wildman–Crippen LogP) is 6.12. The van der Waals surface area contributed by atoms with Gasteiger partial charge in [-0.1, -0.05) is 11.6 Å². The van der Waals surface area contributed by atoms with Crippen LogP contribution in [-0.2, 0) is 18.2 Å². The van der Waals surface area contributed by atoms with E-state index in [9.17, 15) is 22.8 Å². The van der Waals surface area contributed by atoms with Crippen molar-refractivity contribution in [1.82, 2.24) is 19.6 Å². The SMILES string of the molecule is CC1c2nn(C)c(-c3cc(F)cc(F)c3)c2CCN1C(=O)c1cc(F)cc(N2CC3(CCN3C(=O)OC(C)(C)C)C2)c1Cl. The van der Waals surface area contributed by atoms with Crippen LogP contribution in [0.25, 0.3) is 11.3 Å². The lowest BCUT2D eigenvalue weighted by Crippen LogP contribution is -2.78. The number of hydrogen-bond donors (Lipinski definition) is 0. The third-order valence-electron chi connectivity index (χ3n) is 8.59. The zero-order valence-corrected chi connectivity index (χ0v) is 25.4. The minimum atomic E-state index is -0.690. The monoisotopic (exact) mass is 615 g/mol. The van der Waals surface area contributed by atoms with Gasteiger partial charge in [0.1, 0.15) is 23.1 Å². The van der Waals surface area contributed by atoms with Gasteiger partial charge in [0.05, 0.1) is 39.2 Å². The number of hydrogen-bond acceptors (Lipinski definition) is 5. The Labute approximate surface area is 252 Å². The summed E-state index contributed by atoms with van der Waals surface area (Å²) in [6, 6.07) is 5.28. The molecule has 43 heavy (non-hydrogen) atoms. The van der Waals surface area contributed by atoms with E-state index in [1.165, 1.54) is 18.2 Å². The van der Waals surface area contributed by atoms with E-state index in [0.717, 1.165) is 24.1 Å². The number of carbonyl (C=O) groups excluding carboxylic acids is 2. The average molecular weight is 616 g/mol. The van der Waals surface area contributed by atoms with Gasteiger partial charge in [0.25, 0.3) is 5.91 Å². The number of halogens is 4. The van der Waals surface area contributed by atoms with Crippen molar-refractivity contribution >= 4 is 29.3 Å². The number of anilines is 1. The number of fused-ring (bicyclic) bond motifs is 1. The standard InChI is InChI=1S/C31H33ClF3N5O3/c1-17-26-22(27(37(5)36-26)18-10-19(33)12-20(34)11-18)6-8-39(17)28(41)23-13-21(35)14-24(25(23)32)38-15-31(16-38)7-9-40(31)29(42)43-30(2,3)4/h10-14,17H,6-9,15-16H2,1-5H3. The highest BCUT2D eigenvalue weighted by molar-refractivity contribution is 6.36. The number of rotatable bonds is 3. The predicted molar refractivity (Wildman–Crippen MR) is 156 cm³/mol. The lowest BCUT2D eigenvalue weighted by Gasteiger charge is -2.62. The first kappa shape index (κ1) is 29.3. The summed E-state index contributed by atoms with van der Waals surface area (Å²) in [5, 5.41) is 4.74. The molecule has 2 aromatic carbocycles. The van der Waals surface area contributed by atoms with Crippen LogP contribution in [0.4, 0.5) is 23.7 Å². The van der Waals surface area contributed by atoms with Gasteiger partial charge in [0.15, 0.2) is 0 Å². The molecule has 3 aromatic rings. The molecular formula is C31H33ClF3N5O3. The molecule has 0 saturated carbocycles. The maximum Gasteiger partial charge on any atom is 0.410 e. The van der Waals surface area contributed by atoms with Crippen LogP contribution in [-0.4, -0.2) is 68.9 Å². The minimum Gasteiger partial charge on any atom is -0.444 e. The zero-order valence-electron chi connectivity index (χ0n) is 24.7. The molecule has 1 unspecified atom stereocenters. The quantitative estimate of drug-likeness (QED) is 0.355. The second kappa shape index (κ2) is 10.2. The number of nitrogens with zero attached hydrogens (tertiary/aromatic N) is 5. The highest BCUT2D eigenvalue weighted by atomic mass is 35.5. The maximum absolute atomic E-state index is 15.0. The Morgan fingerprint density at radius 1 is 1.02 bits per heavy atom.